The second kappa shape index (κ2) is 8.94. The van der Waals surface area contributed by atoms with Gasteiger partial charge in [-0.3, -0.25) is 9.69 Å². The van der Waals surface area contributed by atoms with Gasteiger partial charge in [0, 0.05) is 24.7 Å². The topological polar surface area (TPSA) is 40.5 Å². The molecule has 0 saturated carbocycles. The molecule has 0 spiro atoms. The SMILES string of the molecule is Cc1cc([C@H](Cc2ccc(C(F)(F)F)c(CN3CC(C(=O)O)C3)c2)C(F)(F)F)ccc1Cl. The largest absolute Gasteiger partial charge is 0.481 e. The third-order valence-electron chi connectivity index (χ3n) is 5.59. The van der Waals surface area contributed by atoms with E-state index in [2.05, 4.69) is 0 Å². The highest BCUT2D eigenvalue weighted by Crippen LogP contribution is 2.40. The normalized spacial score (nSPS) is 16.6. The summed E-state index contributed by atoms with van der Waals surface area (Å²) >= 11 is 5.91. The Morgan fingerprint density at radius 3 is 2.31 bits per heavy atom. The second-order valence-corrected chi connectivity index (χ2v) is 8.43. The van der Waals surface area contributed by atoms with Crippen LogP contribution in [0, 0.1) is 12.8 Å². The summed E-state index contributed by atoms with van der Waals surface area (Å²) in [5.74, 6) is -3.60. The first-order valence-corrected chi connectivity index (χ1v) is 10.1. The molecule has 0 aromatic heterocycles. The fourth-order valence-corrected chi connectivity index (χ4v) is 3.94. The van der Waals surface area contributed by atoms with Crippen LogP contribution in [-0.4, -0.2) is 35.2 Å². The molecule has 32 heavy (non-hydrogen) atoms. The Hall–Kier alpha value is -2.26. The zero-order valence-corrected chi connectivity index (χ0v) is 17.7. The van der Waals surface area contributed by atoms with E-state index in [0.717, 1.165) is 18.2 Å². The number of nitrogens with zero attached hydrogens (tertiary/aromatic N) is 1. The number of aryl methyl sites for hydroxylation is 1. The Labute approximate surface area is 185 Å². The van der Waals surface area contributed by atoms with Crippen molar-refractivity contribution in [3.8, 4) is 0 Å². The minimum Gasteiger partial charge on any atom is -0.481 e. The summed E-state index contributed by atoms with van der Waals surface area (Å²) in [5.41, 5.74) is -0.554. The highest BCUT2D eigenvalue weighted by Gasteiger charge is 2.41. The van der Waals surface area contributed by atoms with E-state index < -0.39 is 42.1 Å². The van der Waals surface area contributed by atoms with E-state index in [4.69, 9.17) is 16.7 Å². The predicted octanol–water partition coefficient (Wildman–Crippen LogP) is 6.07. The van der Waals surface area contributed by atoms with Gasteiger partial charge in [0.1, 0.15) is 0 Å². The van der Waals surface area contributed by atoms with E-state index in [1.807, 2.05) is 0 Å². The third-order valence-corrected chi connectivity index (χ3v) is 6.02. The monoisotopic (exact) mass is 479 g/mol. The van der Waals surface area contributed by atoms with Gasteiger partial charge in [0.15, 0.2) is 0 Å². The van der Waals surface area contributed by atoms with E-state index in [1.54, 1.807) is 6.92 Å². The molecule has 0 amide bonds. The maximum atomic E-state index is 13.8. The first-order chi connectivity index (χ1) is 14.8. The van der Waals surface area contributed by atoms with Crippen molar-refractivity contribution in [2.75, 3.05) is 13.1 Å². The zero-order chi connectivity index (χ0) is 23.8. The standard InChI is InChI=1S/C22H20ClF6NO2/c1-12-6-14(3-5-19(12)23)18(22(27,28)29)8-13-2-4-17(21(24,25)26)15(7-13)9-30-10-16(11-30)20(31)32/h2-7,16,18H,8-11H2,1H3,(H,31,32)/t18-/m0/s1. The smallest absolute Gasteiger partial charge is 0.416 e. The van der Waals surface area contributed by atoms with E-state index in [9.17, 15) is 31.1 Å². The van der Waals surface area contributed by atoms with Gasteiger partial charge < -0.3 is 5.11 Å². The third kappa shape index (κ3) is 5.56. The molecular weight excluding hydrogens is 460 g/mol. The first-order valence-electron chi connectivity index (χ1n) is 9.72. The van der Waals surface area contributed by atoms with Crippen LogP contribution in [0.15, 0.2) is 36.4 Å². The molecule has 10 heteroatoms. The van der Waals surface area contributed by atoms with Crippen molar-refractivity contribution in [3.05, 3.63) is 69.2 Å². The number of alkyl halides is 6. The lowest BCUT2D eigenvalue weighted by atomic mass is 9.89. The van der Waals surface area contributed by atoms with Gasteiger partial charge in [-0.15, -0.1) is 0 Å². The number of hydrogen-bond donors (Lipinski definition) is 1. The molecule has 0 bridgehead atoms. The molecule has 0 aliphatic carbocycles. The predicted molar refractivity (Wildman–Crippen MR) is 107 cm³/mol. The quantitative estimate of drug-likeness (QED) is 0.511. The maximum absolute atomic E-state index is 13.8. The van der Waals surface area contributed by atoms with Crippen molar-refractivity contribution in [2.45, 2.75) is 38.2 Å². The van der Waals surface area contributed by atoms with Crippen molar-refractivity contribution in [1.82, 2.24) is 4.90 Å². The number of carbonyl (C=O) groups is 1. The van der Waals surface area contributed by atoms with Crippen LogP contribution in [0.5, 0.6) is 0 Å². The average Bonchev–Trinajstić information content (AvgIpc) is 2.62. The molecule has 1 fully saturated rings. The number of halogens is 7. The van der Waals surface area contributed by atoms with Gasteiger partial charge in [-0.1, -0.05) is 35.9 Å². The summed E-state index contributed by atoms with van der Waals surface area (Å²) in [6, 6.07) is 6.95. The summed E-state index contributed by atoms with van der Waals surface area (Å²) in [5, 5.41) is 9.26. The number of benzene rings is 2. The van der Waals surface area contributed by atoms with Crippen LogP contribution in [0.1, 0.15) is 33.7 Å². The van der Waals surface area contributed by atoms with Crippen LogP contribution in [0.25, 0.3) is 0 Å². The lowest BCUT2D eigenvalue weighted by Gasteiger charge is -2.37. The van der Waals surface area contributed by atoms with Crippen molar-refractivity contribution in [2.24, 2.45) is 5.92 Å². The summed E-state index contributed by atoms with van der Waals surface area (Å²) in [4.78, 5) is 12.5. The molecule has 0 radical (unpaired) electrons. The number of likely N-dealkylation sites (tertiary alicyclic amines) is 1. The van der Waals surface area contributed by atoms with Gasteiger partial charge >= 0.3 is 18.3 Å². The molecular formula is C22H20ClF6NO2. The fourth-order valence-electron chi connectivity index (χ4n) is 3.82. The number of hydrogen-bond acceptors (Lipinski definition) is 2. The molecule has 3 nitrogen and oxygen atoms in total. The van der Waals surface area contributed by atoms with Crippen molar-refractivity contribution in [3.63, 3.8) is 0 Å². The lowest BCUT2D eigenvalue weighted by molar-refractivity contribution is -0.150. The molecule has 1 aliphatic heterocycles. The molecule has 1 atom stereocenters. The minimum absolute atomic E-state index is 0.0205. The number of aliphatic carboxylic acids is 1. The molecule has 2 aromatic carbocycles. The molecule has 0 unspecified atom stereocenters. The Kier molecular flexibility index (Phi) is 6.81. The Morgan fingerprint density at radius 2 is 1.78 bits per heavy atom. The highest BCUT2D eigenvalue weighted by atomic mass is 35.5. The Morgan fingerprint density at radius 1 is 1.12 bits per heavy atom. The number of rotatable bonds is 6. The Bertz CT molecular complexity index is 999. The van der Waals surface area contributed by atoms with Crippen molar-refractivity contribution in [1.29, 1.82) is 0 Å². The van der Waals surface area contributed by atoms with Crippen molar-refractivity contribution < 1.29 is 36.2 Å². The molecule has 1 N–H and O–H groups in total. The maximum Gasteiger partial charge on any atom is 0.416 e. The highest BCUT2D eigenvalue weighted by molar-refractivity contribution is 6.31. The van der Waals surface area contributed by atoms with Crippen LogP contribution in [-0.2, 0) is 23.9 Å². The van der Waals surface area contributed by atoms with Gasteiger partial charge in [0.25, 0.3) is 0 Å². The zero-order valence-electron chi connectivity index (χ0n) is 16.9. The molecule has 2 aromatic rings. The molecule has 1 aliphatic rings. The average molecular weight is 480 g/mol. The van der Waals surface area contributed by atoms with E-state index >= 15 is 0 Å². The molecule has 1 saturated heterocycles. The van der Waals surface area contributed by atoms with Gasteiger partial charge in [0.05, 0.1) is 17.4 Å². The molecule has 3 rings (SSSR count). The van der Waals surface area contributed by atoms with Crippen LogP contribution in [0.2, 0.25) is 5.02 Å². The van der Waals surface area contributed by atoms with Gasteiger partial charge in [-0.05, 0) is 47.7 Å². The van der Waals surface area contributed by atoms with Crippen LogP contribution >= 0.6 is 11.6 Å². The number of carboxylic acids is 1. The Balaban J connectivity index is 1.90. The van der Waals surface area contributed by atoms with Gasteiger partial charge in [-0.2, -0.15) is 26.3 Å². The van der Waals surface area contributed by atoms with Crippen molar-refractivity contribution >= 4 is 17.6 Å². The fraction of sp³-hybridized carbons (Fsp3) is 0.409. The lowest BCUT2D eigenvalue weighted by Crippen LogP contribution is -2.49. The summed E-state index contributed by atoms with van der Waals surface area (Å²) in [6.45, 7) is 1.56. The van der Waals surface area contributed by atoms with Gasteiger partial charge in [0.2, 0.25) is 0 Å². The molecule has 1 heterocycles. The van der Waals surface area contributed by atoms with Crippen LogP contribution < -0.4 is 0 Å². The first kappa shape index (κ1) is 24.4. The molecule has 174 valence electrons. The summed E-state index contributed by atoms with van der Waals surface area (Å²) in [6.07, 6.45) is -9.83. The minimum atomic E-state index is -4.68. The van der Waals surface area contributed by atoms with Crippen LogP contribution in [0.3, 0.4) is 0 Å². The van der Waals surface area contributed by atoms with E-state index in [-0.39, 0.29) is 36.3 Å². The summed E-state index contributed by atoms with van der Waals surface area (Å²) in [7, 11) is 0. The number of carboxylic acid groups (broad SMARTS) is 1. The van der Waals surface area contributed by atoms with E-state index in [0.29, 0.717) is 10.6 Å². The van der Waals surface area contributed by atoms with Gasteiger partial charge in [-0.25, -0.2) is 0 Å². The van der Waals surface area contributed by atoms with Crippen LogP contribution in [0.4, 0.5) is 26.3 Å². The second-order valence-electron chi connectivity index (χ2n) is 8.03. The summed E-state index contributed by atoms with van der Waals surface area (Å²) < 4.78 is 81.8. The van der Waals surface area contributed by atoms with E-state index in [1.165, 1.54) is 23.1 Å².